The molecule has 4 aromatic rings. The topological polar surface area (TPSA) is 109 Å². The number of hydrogen-bond donors (Lipinski definition) is 0. The van der Waals surface area contributed by atoms with Gasteiger partial charge in [0.05, 0.1) is 24.6 Å². The Bertz CT molecular complexity index is 2100. The van der Waals surface area contributed by atoms with E-state index in [2.05, 4.69) is 20.7 Å². The molecule has 0 saturated heterocycles. The molecule has 4 aliphatic rings. The Labute approximate surface area is 317 Å². The summed E-state index contributed by atoms with van der Waals surface area (Å²) in [5.41, 5.74) is 3.91. The van der Waals surface area contributed by atoms with E-state index < -0.39 is 47.5 Å². The van der Waals surface area contributed by atoms with E-state index in [9.17, 15) is 35.9 Å². The Balaban J connectivity index is 0.000000172. The van der Waals surface area contributed by atoms with E-state index in [4.69, 9.17) is 9.47 Å². The summed E-state index contributed by atoms with van der Waals surface area (Å²) in [6.07, 6.45) is -8.17. The molecule has 0 saturated carbocycles. The van der Waals surface area contributed by atoms with E-state index in [1.165, 1.54) is 0 Å². The highest BCUT2D eigenvalue weighted by molar-refractivity contribution is 5.86. The van der Waals surface area contributed by atoms with Crippen LogP contribution in [-0.4, -0.2) is 60.7 Å². The summed E-state index contributed by atoms with van der Waals surface area (Å²) in [5.74, 6) is -2.01. The van der Waals surface area contributed by atoms with Crippen LogP contribution in [0.15, 0.2) is 106 Å². The van der Waals surface area contributed by atoms with Gasteiger partial charge >= 0.3 is 24.3 Å². The second-order valence-corrected chi connectivity index (χ2v) is 14.0. The molecule has 2 aliphatic carbocycles. The zero-order valence-electron chi connectivity index (χ0n) is 30.7. The predicted molar refractivity (Wildman–Crippen MR) is 194 cm³/mol. The Hall–Kier alpha value is -5.80. The lowest BCUT2D eigenvalue weighted by molar-refractivity contribution is -0.190. The van der Waals surface area contributed by atoms with Gasteiger partial charge in [0.25, 0.3) is 0 Å². The zero-order chi connectivity index (χ0) is 40.2. The summed E-state index contributed by atoms with van der Waals surface area (Å²) in [6.45, 7) is 4.75. The van der Waals surface area contributed by atoms with Crippen LogP contribution in [0.5, 0.6) is 0 Å². The highest BCUT2D eigenvalue weighted by Gasteiger charge is 2.66. The number of carbonyl (C=O) groups is 2. The van der Waals surface area contributed by atoms with Crippen molar-refractivity contribution in [1.29, 1.82) is 0 Å². The summed E-state index contributed by atoms with van der Waals surface area (Å²) in [7, 11) is 0. The lowest BCUT2D eigenvalue weighted by atomic mass is 9.92. The van der Waals surface area contributed by atoms with E-state index in [0.29, 0.717) is 24.2 Å². The molecule has 292 valence electrons. The van der Waals surface area contributed by atoms with E-state index >= 15 is 0 Å². The molecule has 0 fully saturated rings. The van der Waals surface area contributed by atoms with Gasteiger partial charge in [0.2, 0.25) is 11.1 Å². The normalized spacial score (nSPS) is 22.9. The molecule has 0 bridgehead atoms. The highest BCUT2D eigenvalue weighted by atomic mass is 19.4. The van der Waals surface area contributed by atoms with Crippen molar-refractivity contribution in [2.24, 2.45) is 20.7 Å². The summed E-state index contributed by atoms with van der Waals surface area (Å²) >= 11 is 0. The zero-order valence-corrected chi connectivity index (χ0v) is 30.7. The summed E-state index contributed by atoms with van der Waals surface area (Å²) < 4.78 is 92.0. The third-order valence-corrected chi connectivity index (χ3v) is 10.5. The van der Waals surface area contributed by atoms with Gasteiger partial charge in [-0.05, 0) is 109 Å². The standard InChI is InChI=1S/2C20H18F3N3O2/c2*1-3-28-18(27)17-19(2,20(21,22)23)24-25-26(17)14-8-9-16-13(11-14)10-12-6-4-5-7-15(12)16/h2*4-9,11,17H,3,10H2,1-2H3/t2*17-,19+/m00/s1. The van der Waals surface area contributed by atoms with Gasteiger partial charge in [-0.3, -0.25) is 0 Å². The van der Waals surface area contributed by atoms with Crippen LogP contribution in [0.4, 0.5) is 37.7 Å². The van der Waals surface area contributed by atoms with Crippen molar-refractivity contribution >= 4 is 23.3 Å². The molecule has 0 amide bonds. The van der Waals surface area contributed by atoms with E-state index in [0.717, 1.165) is 68.4 Å². The molecule has 0 unspecified atom stereocenters. The Morgan fingerprint density at radius 2 is 0.964 bits per heavy atom. The van der Waals surface area contributed by atoms with Gasteiger partial charge in [-0.15, -0.1) is 0 Å². The number of anilines is 2. The number of hydrogen-bond acceptors (Lipinski definition) is 10. The third-order valence-electron chi connectivity index (χ3n) is 10.5. The molecule has 2 aliphatic heterocycles. The number of ether oxygens (including phenoxy) is 2. The molecule has 4 atom stereocenters. The van der Waals surface area contributed by atoms with Crippen molar-refractivity contribution in [3.63, 3.8) is 0 Å². The average molecular weight is 779 g/mol. The highest BCUT2D eigenvalue weighted by Crippen LogP contribution is 2.48. The van der Waals surface area contributed by atoms with Crippen molar-refractivity contribution in [2.45, 2.75) is 76.1 Å². The minimum atomic E-state index is -4.75. The van der Waals surface area contributed by atoms with Gasteiger partial charge in [0.15, 0.2) is 12.1 Å². The van der Waals surface area contributed by atoms with Gasteiger partial charge in [0, 0.05) is 0 Å². The van der Waals surface area contributed by atoms with Crippen molar-refractivity contribution < 1.29 is 45.4 Å². The van der Waals surface area contributed by atoms with E-state index in [1.807, 2.05) is 60.7 Å². The molecular weight excluding hydrogens is 742 g/mol. The second-order valence-electron chi connectivity index (χ2n) is 14.0. The molecule has 16 heteroatoms. The lowest BCUT2D eigenvalue weighted by Crippen LogP contribution is -2.57. The maximum absolute atomic E-state index is 13.7. The predicted octanol–water partition coefficient (Wildman–Crippen LogP) is 9.40. The molecular formula is C40H36F6N6O4. The van der Waals surface area contributed by atoms with Gasteiger partial charge in [0.1, 0.15) is 0 Å². The average Bonchev–Trinajstić information content (AvgIpc) is 3.91. The fraction of sp³-hybridized carbons (Fsp3) is 0.350. The third kappa shape index (κ3) is 6.33. The van der Waals surface area contributed by atoms with Crippen molar-refractivity contribution in [3.05, 3.63) is 107 Å². The smallest absolute Gasteiger partial charge is 0.417 e. The van der Waals surface area contributed by atoms with Crippen LogP contribution in [0.2, 0.25) is 0 Å². The van der Waals surface area contributed by atoms with Crippen LogP contribution in [0.3, 0.4) is 0 Å². The minimum absolute atomic E-state index is 0.0311. The second kappa shape index (κ2) is 14.0. The van der Waals surface area contributed by atoms with Gasteiger partial charge in [-0.2, -0.15) is 36.6 Å². The number of nitrogens with zero attached hydrogens (tertiary/aromatic N) is 6. The molecule has 4 aromatic carbocycles. The fourth-order valence-electron chi connectivity index (χ4n) is 7.45. The molecule has 2 heterocycles. The van der Waals surface area contributed by atoms with Crippen LogP contribution in [0.1, 0.15) is 49.9 Å². The molecule has 0 radical (unpaired) electrons. The van der Waals surface area contributed by atoms with Crippen molar-refractivity contribution in [2.75, 3.05) is 23.2 Å². The monoisotopic (exact) mass is 778 g/mol. The number of benzene rings is 4. The Kier molecular flexibility index (Phi) is 9.65. The van der Waals surface area contributed by atoms with Gasteiger partial charge < -0.3 is 9.47 Å². The first kappa shape index (κ1) is 38.5. The first-order chi connectivity index (χ1) is 26.5. The summed E-state index contributed by atoms with van der Waals surface area (Å²) in [4.78, 5) is 24.8. The Morgan fingerprint density at radius 3 is 1.32 bits per heavy atom. The lowest BCUT2D eigenvalue weighted by Gasteiger charge is -2.31. The number of halogens is 6. The number of fused-ring (bicyclic) bond motifs is 6. The van der Waals surface area contributed by atoms with E-state index in [1.54, 1.807) is 38.1 Å². The maximum atomic E-state index is 13.7. The largest absolute Gasteiger partial charge is 0.464 e. The number of esters is 2. The molecule has 56 heavy (non-hydrogen) atoms. The SMILES string of the molecule is CCOC(=O)[C@@H]1N(c2ccc3c(c2)Cc2ccccc2-3)N=N[C@@]1(C)C(F)(F)F.CCOC(=O)[C@@H]1N(c2ccc3c(c2)Cc2ccccc2-3)N=N[C@@]1(C)C(F)(F)F. The fourth-order valence-corrected chi connectivity index (χ4v) is 7.45. The molecule has 0 aromatic heterocycles. The van der Waals surface area contributed by atoms with E-state index in [-0.39, 0.29) is 13.2 Å². The van der Waals surface area contributed by atoms with Crippen molar-refractivity contribution in [3.8, 4) is 22.3 Å². The number of carbonyl (C=O) groups excluding carboxylic acids is 2. The summed E-state index contributed by atoms with van der Waals surface area (Å²) in [6, 6.07) is 23.0. The van der Waals surface area contributed by atoms with Gasteiger partial charge in [-0.1, -0.05) is 71.1 Å². The number of rotatable bonds is 6. The molecule has 10 nitrogen and oxygen atoms in total. The first-order valence-corrected chi connectivity index (χ1v) is 17.9. The first-order valence-electron chi connectivity index (χ1n) is 17.9. The maximum Gasteiger partial charge on any atom is 0.417 e. The van der Waals surface area contributed by atoms with Crippen LogP contribution in [0.25, 0.3) is 22.3 Å². The molecule has 0 N–H and O–H groups in total. The quantitative estimate of drug-likeness (QED) is 0.123. The molecule has 0 spiro atoms. The van der Waals surface area contributed by atoms with Crippen LogP contribution < -0.4 is 10.0 Å². The van der Waals surface area contributed by atoms with Crippen molar-refractivity contribution in [1.82, 2.24) is 0 Å². The summed E-state index contributed by atoms with van der Waals surface area (Å²) in [5, 5.41) is 16.4. The van der Waals surface area contributed by atoms with Crippen LogP contribution in [0, 0.1) is 0 Å². The van der Waals surface area contributed by atoms with Gasteiger partial charge in [-0.25, -0.2) is 19.6 Å². The Morgan fingerprint density at radius 1 is 0.607 bits per heavy atom. The van der Waals surface area contributed by atoms with Crippen LogP contribution in [-0.2, 0) is 31.9 Å². The minimum Gasteiger partial charge on any atom is -0.464 e. The molecule has 8 rings (SSSR count). The number of alkyl halides is 6. The van der Waals surface area contributed by atoms with Crippen LogP contribution >= 0.6 is 0 Å².